The maximum Gasteiger partial charge on any atom is 0.237 e. The number of amidine groups is 1. The molecule has 0 unspecified atom stereocenters. The van der Waals surface area contributed by atoms with Crippen LogP contribution in [0.3, 0.4) is 0 Å². The van der Waals surface area contributed by atoms with Gasteiger partial charge in [-0.3, -0.25) is 21.1 Å². The standard InChI is InChI=1S/C11H13N7O/c1-8(19)10(16-18-11-12-7-13-17-11)15-14-9-5-3-2-4-6-9/h2-7,14H,1H3,(H,15,16)(H2,12,13,17,18). The smallest absolute Gasteiger partial charge is 0.237 e. The highest BCUT2D eigenvalue weighted by molar-refractivity contribution is 6.38. The molecule has 0 spiro atoms. The van der Waals surface area contributed by atoms with Crippen molar-refractivity contribution in [3.8, 4) is 0 Å². The Hall–Kier alpha value is -2.90. The zero-order valence-corrected chi connectivity index (χ0v) is 10.2. The normalized spacial score (nSPS) is 10.9. The average molecular weight is 259 g/mol. The molecule has 0 radical (unpaired) electrons. The summed E-state index contributed by atoms with van der Waals surface area (Å²) < 4.78 is 0. The molecule has 0 atom stereocenters. The van der Waals surface area contributed by atoms with Crippen LogP contribution < -0.4 is 16.3 Å². The number of carbonyl (C=O) groups excluding carboxylic acids is 1. The van der Waals surface area contributed by atoms with Gasteiger partial charge in [-0.15, -0.1) is 0 Å². The number of nitrogens with one attached hydrogen (secondary N) is 4. The van der Waals surface area contributed by atoms with E-state index in [1.54, 1.807) is 0 Å². The van der Waals surface area contributed by atoms with Crippen LogP contribution in [0.15, 0.2) is 41.8 Å². The molecule has 0 saturated carbocycles. The first kappa shape index (κ1) is 12.6. The number of hydrazine groups is 1. The molecule has 2 aromatic rings. The number of aromatic amines is 1. The zero-order valence-electron chi connectivity index (χ0n) is 10.2. The molecule has 0 amide bonds. The summed E-state index contributed by atoms with van der Waals surface area (Å²) in [7, 11) is 0. The molecule has 19 heavy (non-hydrogen) atoms. The lowest BCUT2D eigenvalue weighted by molar-refractivity contribution is -0.111. The number of hydrogen-bond acceptors (Lipinski definition) is 6. The van der Waals surface area contributed by atoms with E-state index in [2.05, 4.69) is 36.6 Å². The highest BCUT2D eigenvalue weighted by atomic mass is 16.1. The lowest BCUT2D eigenvalue weighted by Crippen LogP contribution is -2.35. The Labute approximate surface area is 109 Å². The molecule has 0 fully saturated rings. The van der Waals surface area contributed by atoms with Gasteiger partial charge in [0.15, 0.2) is 5.78 Å². The third-order valence-electron chi connectivity index (χ3n) is 2.12. The second-order valence-corrected chi connectivity index (χ2v) is 3.58. The Balaban J connectivity index is 1.97. The minimum atomic E-state index is -0.226. The maximum atomic E-state index is 11.4. The molecule has 0 aliphatic rings. The van der Waals surface area contributed by atoms with E-state index in [4.69, 9.17) is 0 Å². The molecule has 2 rings (SSSR count). The van der Waals surface area contributed by atoms with E-state index in [1.165, 1.54) is 13.3 Å². The molecule has 1 aromatic heterocycles. The fourth-order valence-corrected chi connectivity index (χ4v) is 1.21. The van der Waals surface area contributed by atoms with Crippen LogP contribution in [0.4, 0.5) is 11.6 Å². The number of carbonyl (C=O) groups is 1. The van der Waals surface area contributed by atoms with E-state index in [9.17, 15) is 4.79 Å². The number of para-hydroxylation sites is 1. The van der Waals surface area contributed by atoms with Crippen molar-refractivity contribution in [1.29, 1.82) is 0 Å². The molecular weight excluding hydrogens is 246 g/mol. The van der Waals surface area contributed by atoms with Crippen molar-refractivity contribution in [2.45, 2.75) is 6.92 Å². The van der Waals surface area contributed by atoms with Crippen LogP contribution in [0.2, 0.25) is 0 Å². The van der Waals surface area contributed by atoms with Gasteiger partial charge in [0.1, 0.15) is 6.33 Å². The molecule has 0 aliphatic heterocycles. The number of anilines is 2. The van der Waals surface area contributed by atoms with Gasteiger partial charge in [-0.2, -0.15) is 15.2 Å². The van der Waals surface area contributed by atoms with E-state index >= 15 is 0 Å². The van der Waals surface area contributed by atoms with Gasteiger partial charge in [0.05, 0.1) is 5.69 Å². The Kier molecular flexibility index (Phi) is 4.06. The summed E-state index contributed by atoms with van der Waals surface area (Å²) in [4.78, 5) is 15.2. The van der Waals surface area contributed by atoms with E-state index in [-0.39, 0.29) is 11.6 Å². The summed E-state index contributed by atoms with van der Waals surface area (Å²) in [5.41, 5.74) is 8.87. The highest BCUT2D eigenvalue weighted by Crippen LogP contribution is 2.04. The number of H-pyrrole nitrogens is 1. The summed E-state index contributed by atoms with van der Waals surface area (Å²) in [6, 6.07) is 9.30. The zero-order chi connectivity index (χ0) is 13.5. The lowest BCUT2D eigenvalue weighted by Gasteiger charge is -2.07. The van der Waals surface area contributed by atoms with Crippen LogP contribution in [0.25, 0.3) is 0 Å². The predicted molar refractivity (Wildman–Crippen MR) is 71.3 cm³/mol. The van der Waals surface area contributed by atoms with Crippen LogP contribution in [-0.4, -0.2) is 26.8 Å². The predicted octanol–water partition coefficient (Wildman–Crippen LogP) is 0.736. The van der Waals surface area contributed by atoms with Gasteiger partial charge >= 0.3 is 0 Å². The molecule has 98 valence electrons. The molecule has 0 bridgehead atoms. The van der Waals surface area contributed by atoms with Crippen molar-refractivity contribution in [2.75, 3.05) is 10.9 Å². The van der Waals surface area contributed by atoms with E-state index in [0.29, 0.717) is 5.95 Å². The van der Waals surface area contributed by atoms with Crippen LogP contribution in [-0.2, 0) is 4.79 Å². The third-order valence-corrected chi connectivity index (χ3v) is 2.12. The number of Topliss-reactive ketones (excluding diaryl/α,β-unsaturated/α-hetero) is 1. The Morgan fingerprint density at radius 3 is 2.74 bits per heavy atom. The number of nitrogens with zero attached hydrogens (tertiary/aromatic N) is 3. The Bertz CT molecular complexity index is 550. The van der Waals surface area contributed by atoms with Crippen LogP contribution in [0.1, 0.15) is 6.92 Å². The van der Waals surface area contributed by atoms with Gasteiger partial charge < -0.3 is 0 Å². The third kappa shape index (κ3) is 3.80. The summed E-state index contributed by atoms with van der Waals surface area (Å²) in [6.45, 7) is 1.40. The largest absolute Gasteiger partial charge is 0.291 e. The maximum absolute atomic E-state index is 11.4. The van der Waals surface area contributed by atoms with Gasteiger partial charge in [-0.1, -0.05) is 18.2 Å². The first-order valence-corrected chi connectivity index (χ1v) is 5.53. The summed E-state index contributed by atoms with van der Waals surface area (Å²) in [6.07, 6.45) is 1.34. The average Bonchev–Trinajstić information content (AvgIpc) is 2.92. The lowest BCUT2D eigenvalue weighted by atomic mass is 10.3. The quantitative estimate of drug-likeness (QED) is 0.358. The van der Waals surface area contributed by atoms with Gasteiger partial charge in [0.2, 0.25) is 11.8 Å². The first-order chi connectivity index (χ1) is 9.25. The van der Waals surface area contributed by atoms with Crippen molar-refractivity contribution in [3.63, 3.8) is 0 Å². The second kappa shape index (κ2) is 6.15. The molecule has 1 heterocycles. The highest BCUT2D eigenvalue weighted by Gasteiger charge is 2.05. The summed E-state index contributed by atoms with van der Waals surface area (Å²) in [5, 5.41) is 10.2. The first-order valence-electron chi connectivity index (χ1n) is 5.53. The monoisotopic (exact) mass is 259 g/mol. The minimum Gasteiger partial charge on any atom is -0.291 e. The molecule has 1 aromatic carbocycles. The number of hydrogen-bond donors (Lipinski definition) is 4. The van der Waals surface area contributed by atoms with Gasteiger partial charge in [-0.25, -0.2) is 5.10 Å². The second-order valence-electron chi connectivity index (χ2n) is 3.58. The van der Waals surface area contributed by atoms with Gasteiger partial charge in [0.25, 0.3) is 0 Å². The van der Waals surface area contributed by atoms with E-state index in [0.717, 1.165) is 5.69 Å². The summed E-state index contributed by atoms with van der Waals surface area (Å²) in [5.74, 6) is 0.282. The van der Waals surface area contributed by atoms with Crippen molar-refractivity contribution >= 4 is 23.3 Å². The van der Waals surface area contributed by atoms with Crippen molar-refractivity contribution < 1.29 is 4.79 Å². The topological polar surface area (TPSA) is 107 Å². The molecule has 4 N–H and O–H groups in total. The number of aromatic nitrogens is 3. The number of rotatable bonds is 5. The van der Waals surface area contributed by atoms with Crippen molar-refractivity contribution in [1.82, 2.24) is 20.6 Å². The fourth-order valence-electron chi connectivity index (χ4n) is 1.21. The number of ketones is 1. The fraction of sp³-hybridized carbons (Fsp3) is 0.0909. The number of hydrazone groups is 1. The SMILES string of the molecule is CC(=O)/C(=N\Nc1ccccc1)NNc1ncn[nH]1. The van der Waals surface area contributed by atoms with Crippen LogP contribution in [0.5, 0.6) is 0 Å². The van der Waals surface area contributed by atoms with Crippen LogP contribution >= 0.6 is 0 Å². The Morgan fingerprint density at radius 1 is 1.32 bits per heavy atom. The molecule has 8 heteroatoms. The molecular formula is C11H13N7O. The number of benzene rings is 1. The molecule has 0 aliphatic carbocycles. The van der Waals surface area contributed by atoms with Crippen molar-refractivity contribution in [2.24, 2.45) is 5.10 Å². The molecule has 8 nitrogen and oxygen atoms in total. The minimum absolute atomic E-state index is 0.125. The summed E-state index contributed by atoms with van der Waals surface area (Å²) >= 11 is 0. The van der Waals surface area contributed by atoms with Gasteiger partial charge in [-0.05, 0) is 12.1 Å². The van der Waals surface area contributed by atoms with Crippen molar-refractivity contribution in [3.05, 3.63) is 36.7 Å². The van der Waals surface area contributed by atoms with Crippen LogP contribution in [0, 0.1) is 0 Å². The van der Waals surface area contributed by atoms with E-state index in [1.807, 2.05) is 30.3 Å². The van der Waals surface area contributed by atoms with Gasteiger partial charge in [0, 0.05) is 6.92 Å². The Morgan fingerprint density at radius 2 is 2.11 bits per heavy atom. The molecule has 0 saturated heterocycles. The van der Waals surface area contributed by atoms with E-state index < -0.39 is 0 Å².